The van der Waals surface area contributed by atoms with E-state index in [1.54, 1.807) is 14.2 Å². The predicted octanol–water partition coefficient (Wildman–Crippen LogP) is 4.08. The smallest absolute Gasteiger partial charge is 0.166 e. The van der Waals surface area contributed by atoms with Crippen molar-refractivity contribution >= 4 is 21.6 Å². The lowest BCUT2D eigenvalue weighted by Gasteiger charge is -2.15. The van der Waals surface area contributed by atoms with Crippen LogP contribution in [0.25, 0.3) is 0 Å². The number of anilines is 1. The molecule has 0 aliphatic rings. The van der Waals surface area contributed by atoms with Gasteiger partial charge in [-0.05, 0) is 24.3 Å². The first-order chi connectivity index (χ1) is 9.26. The first-order valence-electron chi connectivity index (χ1n) is 5.94. The SMILES string of the molecule is COc1ccc(Br)c(CNc2ccccc2)c1OC. The molecule has 4 heteroatoms. The highest BCUT2D eigenvalue weighted by Gasteiger charge is 2.13. The molecule has 0 atom stereocenters. The maximum absolute atomic E-state index is 5.44. The first kappa shape index (κ1) is 13.7. The molecular weight excluding hydrogens is 306 g/mol. The van der Waals surface area contributed by atoms with E-state index in [9.17, 15) is 0 Å². The Balaban J connectivity index is 2.24. The van der Waals surface area contributed by atoms with E-state index in [1.165, 1.54) is 0 Å². The van der Waals surface area contributed by atoms with E-state index in [-0.39, 0.29) is 0 Å². The van der Waals surface area contributed by atoms with Crippen LogP contribution in [0.2, 0.25) is 0 Å². The summed E-state index contributed by atoms with van der Waals surface area (Å²) in [5, 5.41) is 3.36. The van der Waals surface area contributed by atoms with Gasteiger partial charge in [-0.2, -0.15) is 0 Å². The minimum Gasteiger partial charge on any atom is -0.493 e. The van der Waals surface area contributed by atoms with Crippen LogP contribution in [-0.4, -0.2) is 14.2 Å². The summed E-state index contributed by atoms with van der Waals surface area (Å²) in [6.45, 7) is 0.658. The predicted molar refractivity (Wildman–Crippen MR) is 81.0 cm³/mol. The van der Waals surface area contributed by atoms with Gasteiger partial charge in [0.1, 0.15) is 0 Å². The summed E-state index contributed by atoms with van der Waals surface area (Å²) in [7, 11) is 3.29. The average Bonchev–Trinajstić information content (AvgIpc) is 2.46. The Morgan fingerprint density at radius 1 is 1.00 bits per heavy atom. The largest absolute Gasteiger partial charge is 0.493 e. The maximum atomic E-state index is 5.44. The fourth-order valence-electron chi connectivity index (χ4n) is 1.88. The van der Waals surface area contributed by atoms with Gasteiger partial charge in [0.2, 0.25) is 0 Å². The molecule has 2 aromatic rings. The monoisotopic (exact) mass is 321 g/mol. The topological polar surface area (TPSA) is 30.5 Å². The summed E-state index contributed by atoms with van der Waals surface area (Å²) in [4.78, 5) is 0. The van der Waals surface area contributed by atoms with E-state index >= 15 is 0 Å². The Labute approximate surface area is 121 Å². The second kappa shape index (κ2) is 6.48. The van der Waals surface area contributed by atoms with Gasteiger partial charge in [-0.15, -0.1) is 0 Å². The van der Waals surface area contributed by atoms with Crippen molar-refractivity contribution in [2.24, 2.45) is 0 Å². The maximum Gasteiger partial charge on any atom is 0.166 e. The minimum absolute atomic E-state index is 0.658. The van der Waals surface area contributed by atoms with E-state index < -0.39 is 0 Å². The Hall–Kier alpha value is -1.68. The van der Waals surface area contributed by atoms with E-state index in [1.807, 2.05) is 42.5 Å². The van der Waals surface area contributed by atoms with E-state index in [4.69, 9.17) is 9.47 Å². The van der Waals surface area contributed by atoms with E-state index in [0.29, 0.717) is 6.54 Å². The zero-order valence-electron chi connectivity index (χ0n) is 10.9. The molecule has 0 spiro atoms. The highest BCUT2D eigenvalue weighted by atomic mass is 79.9. The molecule has 1 N–H and O–H groups in total. The molecule has 2 aromatic carbocycles. The van der Waals surface area contributed by atoms with Crippen LogP contribution in [0.4, 0.5) is 5.69 Å². The van der Waals surface area contributed by atoms with Crippen LogP contribution < -0.4 is 14.8 Å². The molecule has 0 aliphatic heterocycles. The summed E-state index contributed by atoms with van der Waals surface area (Å²) in [5.41, 5.74) is 2.10. The van der Waals surface area contributed by atoms with Gasteiger partial charge >= 0.3 is 0 Å². The third-order valence-corrected chi connectivity index (χ3v) is 3.58. The molecule has 100 valence electrons. The fourth-order valence-corrected chi connectivity index (χ4v) is 2.33. The summed E-state index contributed by atoms with van der Waals surface area (Å²) < 4.78 is 11.7. The molecule has 3 nitrogen and oxygen atoms in total. The first-order valence-corrected chi connectivity index (χ1v) is 6.74. The lowest BCUT2D eigenvalue weighted by Crippen LogP contribution is -2.04. The van der Waals surface area contributed by atoms with Crippen molar-refractivity contribution in [1.82, 2.24) is 0 Å². The van der Waals surface area contributed by atoms with Crippen molar-refractivity contribution in [1.29, 1.82) is 0 Å². The van der Waals surface area contributed by atoms with Gasteiger partial charge in [0.15, 0.2) is 11.5 Å². The van der Waals surface area contributed by atoms with Gasteiger partial charge in [0.05, 0.1) is 14.2 Å². The molecule has 0 aromatic heterocycles. The highest BCUT2D eigenvalue weighted by Crippen LogP contribution is 2.36. The zero-order chi connectivity index (χ0) is 13.7. The van der Waals surface area contributed by atoms with Crippen molar-refractivity contribution in [2.75, 3.05) is 19.5 Å². The molecule has 0 fully saturated rings. The summed E-state index contributed by atoms with van der Waals surface area (Å²) in [6.07, 6.45) is 0. The summed E-state index contributed by atoms with van der Waals surface area (Å²) in [6, 6.07) is 13.9. The molecule has 0 heterocycles. The molecule has 0 amide bonds. The third kappa shape index (κ3) is 3.20. The molecule has 0 aliphatic carbocycles. The van der Waals surface area contributed by atoms with Gasteiger partial charge in [0, 0.05) is 22.3 Å². The molecular formula is C15H16BrNO2. The van der Waals surface area contributed by atoms with E-state index in [2.05, 4.69) is 21.2 Å². The summed E-state index contributed by atoms with van der Waals surface area (Å²) >= 11 is 3.55. The molecule has 0 bridgehead atoms. The minimum atomic E-state index is 0.658. The number of methoxy groups -OCH3 is 2. The van der Waals surface area contributed by atoms with Crippen LogP contribution in [0.5, 0.6) is 11.5 Å². The Bertz CT molecular complexity index is 543. The number of rotatable bonds is 5. The fraction of sp³-hybridized carbons (Fsp3) is 0.200. The van der Waals surface area contributed by atoms with E-state index in [0.717, 1.165) is 27.2 Å². The Morgan fingerprint density at radius 2 is 1.74 bits per heavy atom. The Morgan fingerprint density at radius 3 is 2.37 bits per heavy atom. The molecule has 0 saturated heterocycles. The molecule has 2 rings (SSSR count). The van der Waals surface area contributed by atoms with Gasteiger partial charge in [-0.3, -0.25) is 0 Å². The number of benzene rings is 2. The van der Waals surface area contributed by atoms with Crippen LogP contribution in [0.3, 0.4) is 0 Å². The van der Waals surface area contributed by atoms with Gasteiger partial charge in [-0.1, -0.05) is 34.1 Å². The van der Waals surface area contributed by atoms with Gasteiger partial charge in [0.25, 0.3) is 0 Å². The van der Waals surface area contributed by atoms with Crippen molar-refractivity contribution in [3.63, 3.8) is 0 Å². The third-order valence-electron chi connectivity index (χ3n) is 2.83. The number of halogens is 1. The number of ether oxygens (including phenoxy) is 2. The molecule has 19 heavy (non-hydrogen) atoms. The average molecular weight is 322 g/mol. The quantitative estimate of drug-likeness (QED) is 0.900. The van der Waals surface area contributed by atoms with Crippen LogP contribution >= 0.6 is 15.9 Å². The van der Waals surface area contributed by atoms with Crippen LogP contribution in [-0.2, 0) is 6.54 Å². The van der Waals surface area contributed by atoms with Gasteiger partial charge < -0.3 is 14.8 Å². The normalized spacial score (nSPS) is 10.1. The number of para-hydroxylation sites is 1. The number of nitrogens with one attached hydrogen (secondary N) is 1. The lowest BCUT2D eigenvalue weighted by molar-refractivity contribution is 0.351. The molecule has 0 unspecified atom stereocenters. The number of hydrogen-bond donors (Lipinski definition) is 1. The Kier molecular flexibility index (Phi) is 4.68. The van der Waals surface area contributed by atoms with Gasteiger partial charge in [-0.25, -0.2) is 0 Å². The second-order valence-corrected chi connectivity index (χ2v) is 4.84. The van der Waals surface area contributed by atoms with Crippen molar-refractivity contribution in [3.05, 3.63) is 52.5 Å². The zero-order valence-corrected chi connectivity index (χ0v) is 12.5. The second-order valence-electron chi connectivity index (χ2n) is 3.98. The molecule has 0 saturated carbocycles. The number of hydrogen-bond acceptors (Lipinski definition) is 3. The van der Waals surface area contributed by atoms with Crippen LogP contribution in [0, 0.1) is 0 Å². The van der Waals surface area contributed by atoms with Crippen molar-refractivity contribution in [3.8, 4) is 11.5 Å². The summed E-state index contributed by atoms with van der Waals surface area (Å²) in [5.74, 6) is 1.48. The lowest BCUT2D eigenvalue weighted by atomic mass is 10.1. The van der Waals surface area contributed by atoms with Crippen LogP contribution in [0.15, 0.2) is 46.9 Å². The highest BCUT2D eigenvalue weighted by molar-refractivity contribution is 9.10. The standard InChI is InChI=1S/C15H16BrNO2/c1-18-14-9-8-13(16)12(15(14)19-2)10-17-11-6-4-3-5-7-11/h3-9,17H,10H2,1-2H3. The van der Waals surface area contributed by atoms with Crippen LogP contribution in [0.1, 0.15) is 5.56 Å². The van der Waals surface area contributed by atoms with Crippen molar-refractivity contribution in [2.45, 2.75) is 6.54 Å². The van der Waals surface area contributed by atoms with Crippen molar-refractivity contribution < 1.29 is 9.47 Å². The molecule has 0 radical (unpaired) electrons.